The Bertz CT molecular complexity index is 486. The van der Waals surface area contributed by atoms with Gasteiger partial charge >= 0.3 is 12.1 Å². The maximum Gasteiger partial charge on any atom is 0.408 e. The molecule has 0 aromatic carbocycles. The van der Waals surface area contributed by atoms with Gasteiger partial charge in [-0.2, -0.15) is 0 Å². The number of unbranched alkanes of at least 4 members (excludes halogenated alkanes) is 13. The summed E-state index contributed by atoms with van der Waals surface area (Å²) in [5, 5.41) is 2.57. The molecule has 0 aliphatic rings. The van der Waals surface area contributed by atoms with Crippen LogP contribution in [0.5, 0.6) is 0 Å². The summed E-state index contributed by atoms with van der Waals surface area (Å²) in [4.78, 5) is 24.1. The molecule has 0 heterocycles. The van der Waals surface area contributed by atoms with Gasteiger partial charge in [0.15, 0.2) is 6.61 Å². The van der Waals surface area contributed by atoms with Gasteiger partial charge in [-0.3, -0.25) is 0 Å². The van der Waals surface area contributed by atoms with Gasteiger partial charge in [-0.15, -0.1) is 6.42 Å². The van der Waals surface area contributed by atoms with Crippen molar-refractivity contribution in [1.82, 2.24) is 5.32 Å². The zero-order valence-corrected chi connectivity index (χ0v) is 20.4. The lowest BCUT2D eigenvalue weighted by Crippen LogP contribution is -2.46. The molecule has 2 unspecified atom stereocenters. The van der Waals surface area contributed by atoms with Gasteiger partial charge in [0, 0.05) is 0 Å². The van der Waals surface area contributed by atoms with E-state index < -0.39 is 18.1 Å². The van der Waals surface area contributed by atoms with Crippen molar-refractivity contribution in [2.45, 2.75) is 123 Å². The third kappa shape index (κ3) is 17.7. The van der Waals surface area contributed by atoms with Crippen molar-refractivity contribution in [3.63, 3.8) is 0 Å². The number of hydrogen-bond donors (Lipinski definition) is 1. The van der Waals surface area contributed by atoms with E-state index in [1.54, 1.807) is 0 Å². The first-order chi connectivity index (χ1) is 15.1. The minimum absolute atomic E-state index is 0.0396. The van der Waals surface area contributed by atoms with E-state index in [0.717, 1.165) is 19.3 Å². The molecule has 0 aliphatic heterocycles. The number of carbonyl (C=O) groups is 2. The van der Waals surface area contributed by atoms with Crippen LogP contribution in [0.2, 0.25) is 0 Å². The second-order valence-corrected chi connectivity index (χ2v) is 8.55. The number of alkyl carbamates (subject to hydrolysis) is 1. The van der Waals surface area contributed by atoms with Crippen molar-refractivity contribution in [3.8, 4) is 12.3 Å². The second kappa shape index (κ2) is 21.5. The molecule has 31 heavy (non-hydrogen) atoms. The van der Waals surface area contributed by atoms with E-state index in [1.165, 1.54) is 77.0 Å². The Hall–Kier alpha value is -1.70. The Balaban J connectivity index is 3.71. The van der Waals surface area contributed by atoms with Crippen molar-refractivity contribution < 1.29 is 19.1 Å². The molecule has 0 saturated heterocycles. The monoisotopic (exact) mass is 437 g/mol. The van der Waals surface area contributed by atoms with Crippen molar-refractivity contribution in [3.05, 3.63) is 0 Å². The predicted octanol–water partition coefficient (Wildman–Crippen LogP) is 6.79. The first kappa shape index (κ1) is 29.3. The van der Waals surface area contributed by atoms with Crippen LogP contribution < -0.4 is 5.32 Å². The third-order valence-corrected chi connectivity index (χ3v) is 5.77. The van der Waals surface area contributed by atoms with Crippen LogP contribution in [-0.2, 0) is 14.3 Å². The zero-order valence-electron chi connectivity index (χ0n) is 20.4. The fraction of sp³-hybridized carbons (Fsp3) is 0.846. The summed E-state index contributed by atoms with van der Waals surface area (Å²) in [7, 11) is 0. The van der Waals surface area contributed by atoms with Crippen LogP contribution >= 0.6 is 0 Å². The summed E-state index contributed by atoms with van der Waals surface area (Å²) in [5.74, 6) is 1.79. The molecule has 0 fully saturated rings. The van der Waals surface area contributed by atoms with Crippen molar-refractivity contribution >= 4 is 12.1 Å². The first-order valence-electron chi connectivity index (χ1n) is 12.6. The summed E-state index contributed by atoms with van der Waals surface area (Å²) in [6, 6.07) is -0.707. The van der Waals surface area contributed by atoms with E-state index in [9.17, 15) is 9.59 Å². The number of amides is 1. The Morgan fingerprint density at radius 3 is 1.74 bits per heavy atom. The number of ether oxygens (including phenoxy) is 2. The Kier molecular flexibility index (Phi) is 20.3. The molecule has 0 rings (SSSR count). The normalized spacial score (nSPS) is 12.6. The van der Waals surface area contributed by atoms with Crippen LogP contribution in [-0.4, -0.2) is 31.3 Å². The maximum absolute atomic E-state index is 12.4. The minimum Gasteiger partial charge on any atom is -0.464 e. The average molecular weight is 438 g/mol. The van der Waals surface area contributed by atoms with E-state index in [0.29, 0.717) is 6.61 Å². The molecule has 1 amide bonds. The van der Waals surface area contributed by atoms with Crippen molar-refractivity contribution in [1.29, 1.82) is 0 Å². The second-order valence-electron chi connectivity index (χ2n) is 8.55. The average Bonchev–Trinajstić information content (AvgIpc) is 2.77. The van der Waals surface area contributed by atoms with Crippen LogP contribution in [0.25, 0.3) is 0 Å². The SMILES string of the molecule is C#CCOC(=O)NC(C(=O)OCCCCCCCCCCCCCCCC)C(C)CC. The van der Waals surface area contributed by atoms with Crippen molar-refractivity contribution in [2.75, 3.05) is 13.2 Å². The zero-order chi connectivity index (χ0) is 23.2. The summed E-state index contributed by atoms with van der Waals surface area (Å²) in [6.07, 6.45) is 23.2. The Morgan fingerprint density at radius 2 is 1.29 bits per heavy atom. The summed E-state index contributed by atoms with van der Waals surface area (Å²) in [6.45, 7) is 6.41. The fourth-order valence-electron chi connectivity index (χ4n) is 3.50. The topological polar surface area (TPSA) is 64.6 Å². The van der Waals surface area contributed by atoms with Gasteiger partial charge in [-0.1, -0.05) is 117 Å². The number of nitrogens with one attached hydrogen (secondary N) is 1. The lowest BCUT2D eigenvalue weighted by Gasteiger charge is -2.22. The lowest BCUT2D eigenvalue weighted by molar-refractivity contribution is -0.147. The van der Waals surface area contributed by atoms with Crippen molar-refractivity contribution in [2.24, 2.45) is 5.92 Å². The Labute approximate surface area is 191 Å². The number of terminal acetylenes is 1. The van der Waals surface area contributed by atoms with Crippen LogP contribution in [0.15, 0.2) is 0 Å². The Morgan fingerprint density at radius 1 is 0.806 bits per heavy atom. The first-order valence-corrected chi connectivity index (χ1v) is 12.6. The molecule has 0 aromatic heterocycles. The van der Waals surface area contributed by atoms with E-state index in [-0.39, 0.29) is 12.5 Å². The lowest BCUT2D eigenvalue weighted by atomic mass is 9.99. The molecule has 5 nitrogen and oxygen atoms in total. The molecular weight excluding hydrogens is 390 g/mol. The van der Waals surface area contributed by atoms with Crippen LogP contribution in [0, 0.1) is 18.3 Å². The molecule has 0 spiro atoms. The number of esters is 1. The molecule has 2 atom stereocenters. The number of rotatable bonds is 20. The highest BCUT2D eigenvalue weighted by Gasteiger charge is 2.27. The minimum atomic E-state index is -0.707. The largest absolute Gasteiger partial charge is 0.464 e. The summed E-state index contributed by atoms with van der Waals surface area (Å²) in [5.41, 5.74) is 0. The van der Waals surface area contributed by atoms with Crippen LogP contribution in [0.3, 0.4) is 0 Å². The van der Waals surface area contributed by atoms with Gasteiger partial charge in [0.2, 0.25) is 0 Å². The van der Waals surface area contributed by atoms with E-state index in [4.69, 9.17) is 15.9 Å². The van der Waals surface area contributed by atoms with E-state index >= 15 is 0 Å². The van der Waals surface area contributed by atoms with Gasteiger partial charge in [-0.05, 0) is 12.3 Å². The molecule has 0 radical (unpaired) electrons. The molecule has 0 bridgehead atoms. The standard InChI is InChI=1S/C26H47NO4/c1-5-8-9-10-11-12-13-14-15-16-17-18-19-20-22-30-25(28)24(23(4)7-3)27-26(29)31-21-6-2/h2,23-24H,5,7-22H2,1,3-4H3,(H,27,29). The molecule has 1 N–H and O–H groups in total. The molecular formula is C26H47NO4. The van der Waals surface area contributed by atoms with Gasteiger partial charge in [0.05, 0.1) is 6.61 Å². The number of carbonyl (C=O) groups excluding carboxylic acids is 2. The summed E-state index contributed by atoms with van der Waals surface area (Å²) >= 11 is 0. The van der Waals surface area contributed by atoms with E-state index in [1.807, 2.05) is 13.8 Å². The van der Waals surface area contributed by atoms with Gasteiger partial charge in [-0.25, -0.2) is 9.59 Å². The van der Waals surface area contributed by atoms with Gasteiger partial charge in [0.1, 0.15) is 6.04 Å². The smallest absolute Gasteiger partial charge is 0.408 e. The van der Waals surface area contributed by atoms with Gasteiger partial charge in [0.25, 0.3) is 0 Å². The van der Waals surface area contributed by atoms with Crippen LogP contribution in [0.4, 0.5) is 4.79 Å². The highest BCUT2D eigenvalue weighted by Crippen LogP contribution is 2.14. The van der Waals surface area contributed by atoms with E-state index in [2.05, 4.69) is 18.2 Å². The highest BCUT2D eigenvalue weighted by molar-refractivity contribution is 5.81. The molecule has 0 saturated carbocycles. The fourth-order valence-corrected chi connectivity index (χ4v) is 3.50. The van der Waals surface area contributed by atoms with Crippen LogP contribution in [0.1, 0.15) is 117 Å². The highest BCUT2D eigenvalue weighted by atomic mass is 16.6. The quantitative estimate of drug-likeness (QED) is 0.129. The molecule has 0 aromatic rings. The molecule has 180 valence electrons. The molecule has 5 heteroatoms. The molecule has 0 aliphatic carbocycles. The third-order valence-electron chi connectivity index (χ3n) is 5.77. The van der Waals surface area contributed by atoms with Gasteiger partial charge < -0.3 is 14.8 Å². The number of hydrogen-bond acceptors (Lipinski definition) is 4. The predicted molar refractivity (Wildman–Crippen MR) is 128 cm³/mol. The maximum atomic E-state index is 12.4. The summed E-state index contributed by atoms with van der Waals surface area (Å²) < 4.78 is 10.2.